The Labute approximate surface area is 173 Å². The summed E-state index contributed by atoms with van der Waals surface area (Å²) in [5.74, 6) is 0.882. The van der Waals surface area contributed by atoms with Crippen molar-refractivity contribution < 1.29 is 18.3 Å². The molecule has 1 aliphatic rings. The van der Waals surface area contributed by atoms with E-state index < -0.39 is 0 Å². The third-order valence-corrected chi connectivity index (χ3v) is 5.27. The standard InChI is InChI=1S/C22H23FN4O3/c1-29-19-8-4-17(5-9-19)21-25-26-22(30-21)27-12-10-16(11-13-27)20(28)24-14-15-2-6-18(23)7-3-15/h2-9,16H,10-14H2,1H3,(H,24,28). The molecule has 7 nitrogen and oxygen atoms in total. The van der Waals surface area contributed by atoms with Crippen molar-refractivity contribution in [3.8, 4) is 17.2 Å². The van der Waals surface area contributed by atoms with Crippen molar-refractivity contribution in [1.82, 2.24) is 15.5 Å². The van der Waals surface area contributed by atoms with Gasteiger partial charge in [0.25, 0.3) is 0 Å². The number of halogens is 1. The van der Waals surface area contributed by atoms with Gasteiger partial charge in [0, 0.05) is 31.1 Å². The second-order valence-corrected chi connectivity index (χ2v) is 7.22. The van der Waals surface area contributed by atoms with Gasteiger partial charge in [0.15, 0.2) is 0 Å². The Balaban J connectivity index is 1.29. The summed E-state index contributed by atoms with van der Waals surface area (Å²) in [4.78, 5) is 14.5. The minimum absolute atomic E-state index is 0.0171. The van der Waals surface area contributed by atoms with Gasteiger partial charge in [0.05, 0.1) is 7.11 Å². The number of nitrogens with one attached hydrogen (secondary N) is 1. The zero-order valence-electron chi connectivity index (χ0n) is 16.7. The molecule has 0 unspecified atom stereocenters. The molecule has 0 atom stereocenters. The highest BCUT2D eigenvalue weighted by Gasteiger charge is 2.27. The van der Waals surface area contributed by atoms with Gasteiger partial charge >= 0.3 is 6.01 Å². The Kier molecular flexibility index (Phi) is 5.92. The molecule has 1 amide bonds. The number of rotatable bonds is 6. The smallest absolute Gasteiger partial charge is 0.318 e. The highest BCUT2D eigenvalue weighted by Crippen LogP contribution is 2.27. The van der Waals surface area contributed by atoms with E-state index in [1.54, 1.807) is 19.2 Å². The number of piperidine rings is 1. The fourth-order valence-electron chi connectivity index (χ4n) is 3.46. The summed E-state index contributed by atoms with van der Waals surface area (Å²) in [7, 11) is 1.62. The second-order valence-electron chi connectivity index (χ2n) is 7.22. The van der Waals surface area contributed by atoms with Gasteiger partial charge in [0.2, 0.25) is 11.8 Å². The van der Waals surface area contributed by atoms with Crippen LogP contribution in [0.1, 0.15) is 18.4 Å². The average molecular weight is 410 g/mol. The fourth-order valence-corrected chi connectivity index (χ4v) is 3.46. The highest BCUT2D eigenvalue weighted by molar-refractivity contribution is 5.78. The Bertz CT molecular complexity index is 980. The van der Waals surface area contributed by atoms with Crippen LogP contribution >= 0.6 is 0 Å². The Morgan fingerprint density at radius 1 is 1.13 bits per heavy atom. The summed E-state index contributed by atoms with van der Waals surface area (Å²) in [6.07, 6.45) is 1.41. The summed E-state index contributed by atoms with van der Waals surface area (Å²) < 4.78 is 24.0. The molecule has 0 spiro atoms. The lowest BCUT2D eigenvalue weighted by atomic mass is 9.96. The Hall–Kier alpha value is -3.42. The number of hydrogen-bond donors (Lipinski definition) is 1. The van der Waals surface area contributed by atoms with Gasteiger partial charge in [0.1, 0.15) is 11.6 Å². The zero-order valence-corrected chi connectivity index (χ0v) is 16.7. The fraction of sp³-hybridized carbons (Fsp3) is 0.318. The maximum absolute atomic E-state index is 13.0. The molecule has 0 radical (unpaired) electrons. The van der Waals surface area contributed by atoms with Crippen molar-refractivity contribution in [2.45, 2.75) is 19.4 Å². The predicted octanol–water partition coefficient (Wildman–Crippen LogP) is 3.42. The number of carbonyl (C=O) groups is 1. The summed E-state index contributed by atoms with van der Waals surface area (Å²) in [6.45, 7) is 1.73. The number of anilines is 1. The van der Waals surface area contributed by atoms with Gasteiger partial charge < -0.3 is 19.4 Å². The van der Waals surface area contributed by atoms with E-state index in [1.165, 1.54) is 12.1 Å². The maximum Gasteiger partial charge on any atom is 0.318 e. The van der Waals surface area contributed by atoms with E-state index in [2.05, 4.69) is 15.5 Å². The number of carbonyl (C=O) groups excluding carboxylic acids is 1. The molecule has 2 heterocycles. The van der Waals surface area contributed by atoms with Gasteiger partial charge in [-0.15, -0.1) is 5.10 Å². The number of methoxy groups -OCH3 is 1. The number of ether oxygens (including phenoxy) is 1. The summed E-state index contributed by atoms with van der Waals surface area (Å²) in [5.41, 5.74) is 1.70. The first kappa shape index (κ1) is 19.9. The van der Waals surface area contributed by atoms with Gasteiger partial charge in [-0.05, 0) is 54.8 Å². The van der Waals surface area contributed by atoms with Crippen molar-refractivity contribution >= 4 is 11.9 Å². The molecule has 156 valence electrons. The van der Waals surface area contributed by atoms with Gasteiger partial charge in [-0.25, -0.2) is 4.39 Å². The first-order valence-electron chi connectivity index (χ1n) is 9.87. The van der Waals surface area contributed by atoms with Crippen LogP contribution in [0, 0.1) is 11.7 Å². The molecular weight excluding hydrogens is 387 g/mol. The number of benzene rings is 2. The monoisotopic (exact) mass is 410 g/mol. The van der Waals surface area contributed by atoms with Crippen molar-refractivity contribution in [1.29, 1.82) is 0 Å². The van der Waals surface area contributed by atoms with Crippen LogP contribution in [0.25, 0.3) is 11.5 Å². The SMILES string of the molecule is COc1ccc(-c2nnc(N3CCC(C(=O)NCc4ccc(F)cc4)CC3)o2)cc1. The molecule has 1 aromatic heterocycles. The lowest BCUT2D eigenvalue weighted by molar-refractivity contribution is -0.125. The van der Waals surface area contributed by atoms with E-state index in [9.17, 15) is 9.18 Å². The second kappa shape index (κ2) is 8.94. The van der Waals surface area contributed by atoms with Gasteiger partial charge in [-0.3, -0.25) is 4.79 Å². The van der Waals surface area contributed by atoms with E-state index in [4.69, 9.17) is 9.15 Å². The van der Waals surface area contributed by atoms with Crippen LogP contribution in [0.4, 0.5) is 10.4 Å². The van der Waals surface area contributed by atoms with E-state index in [1.807, 2.05) is 29.2 Å². The predicted molar refractivity (Wildman–Crippen MR) is 109 cm³/mol. The molecule has 1 N–H and O–H groups in total. The van der Waals surface area contributed by atoms with E-state index in [0.29, 0.717) is 44.4 Å². The van der Waals surface area contributed by atoms with Crippen LogP contribution in [0.15, 0.2) is 52.9 Å². The first-order valence-corrected chi connectivity index (χ1v) is 9.87. The lowest BCUT2D eigenvalue weighted by Gasteiger charge is -2.29. The average Bonchev–Trinajstić information content (AvgIpc) is 3.29. The molecule has 0 saturated carbocycles. The largest absolute Gasteiger partial charge is 0.497 e. The zero-order chi connectivity index (χ0) is 20.9. The van der Waals surface area contributed by atoms with Gasteiger partial charge in [-0.1, -0.05) is 17.2 Å². The molecule has 8 heteroatoms. The van der Waals surface area contributed by atoms with E-state index in [-0.39, 0.29) is 17.6 Å². The molecule has 3 aromatic rings. The number of hydrogen-bond acceptors (Lipinski definition) is 6. The number of amides is 1. The molecule has 2 aromatic carbocycles. The molecular formula is C22H23FN4O3. The van der Waals surface area contributed by atoms with E-state index in [0.717, 1.165) is 16.9 Å². The molecule has 0 bridgehead atoms. The van der Waals surface area contributed by atoms with Crippen molar-refractivity contribution in [2.24, 2.45) is 5.92 Å². The third-order valence-electron chi connectivity index (χ3n) is 5.27. The van der Waals surface area contributed by atoms with E-state index >= 15 is 0 Å². The van der Waals surface area contributed by atoms with Crippen LogP contribution < -0.4 is 15.0 Å². The topological polar surface area (TPSA) is 80.5 Å². The summed E-state index contributed by atoms with van der Waals surface area (Å²) >= 11 is 0. The molecule has 0 aliphatic carbocycles. The van der Waals surface area contributed by atoms with Crippen LogP contribution in [-0.2, 0) is 11.3 Å². The summed E-state index contributed by atoms with van der Waals surface area (Å²) in [5, 5.41) is 11.2. The number of nitrogens with zero attached hydrogens (tertiary/aromatic N) is 3. The van der Waals surface area contributed by atoms with Crippen LogP contribution in [0.5, 0.6) is 5.75 Å². The quantitative estimate of drug-likeness (QED) is 0.671. The lowest BCUT2D eigenvalue weighted by Crippen LogP contribution is -2.40. The third kappa shape index (κ3) is 4.59. The highest BCUT2D eigenvalue weighted by atomic mass is 19.1. The van der Waals surface area contributed by atoms with Gasteiger partial charge in [-0.2, -0.15) is 0 Å². The van der Waals surface area contributed by atoms with Crippen LogP contribution in [0.2, 0.25) is 0 Å². The minimum Gasteiger partial charge on any atom is -0.497 e. The molecule has 30 heavy (non-hydrogen) atoms. The molecule has 1 saturated heterocycles. The first-order chi connectivity index (χ1) is 14.6. The molecule has 4 rings (SSSR count). The number of aromatic nitrogens is 2. The van der Waals surface area contributed by atoms with Crippen molar-refractivity contribution in [3.05, 3.63) is 59.9 Å². The minimum atomic E-state index is -0.284. The molecule has 1 fully saturated rings. The molecule has 1 aliphatic heterocycles. The summed E-state index contributed by atoms with van der Waals surface area (Å²) in [6, 6.07) is 14.0. The van der Waals surface area contributed by atoms with Crippen LogP contribution in [-0.4, -0.2) is 36.3 Å². The van der Waals surface area contributed by atoms with Crippen molar-refractivity contribution in [3.63, 3.8) is 0 Å². The van der Waals surface area contributed by atoms with Crippen molar-refractivity contribution in [2.75, 3.05) is 25.1 Å². The maximum atomic E-state index is 13.0. The van der Waals surface area contributed by atoms with Crippen LogP contribution in [0.3, 0.4) is 0 Å². The Morgan fingerprint density at radius 2 is 1.83 bits per heavy atom. The normalized spacial score (nSPS) is 14.5. The Morgan fingerprint density at radius 3 is 2.50 bits per heavy atom.